The van der Waals surface area contributed by atoms with Crippen LogP contribution in [0.5, 0.6) is 0 Å². The van der Waals surface area contributed by atoms with Crippen LogP contribution in [0.3, 0.4) is 0 Å². The van der Waals surface area contributed by atoms with Gasteiger partial charge in [-0.05, 0) is 56.4 Å². The minimum atomic E-state index is -0.238. The Kier molecular flexibility index (Phi) is 5.74. The SMILES string of the molecule is CN(CC(C)(C)C)C1CCC2(CC1)CCN(C(=O)C(C)(C)C)CC2. The fraction of sp³-hybridized carbons (Fsp3) is 0.952. The number of hydrogen-bond acceptors (Lipinski definition) is 2. The van der Waals surface area contributed by atoms with E-state index in [1.165, 1.54) is 45.1 Å². The molecule has 0 aromatic rings. The molecule has 1 amide bonds. The maximum absolute atomic E-state index is 12.5. The molecule has 2 aliphatic rings. The third-order valence-electron chi connectivity index (χ3n) is 6.12. The molecule has 0 aromatic carbocycles. The number of hydrogen-bond donors (Lipinski definition) is 0. The number of carbonyl (C=O) groups is 1. The first-order valence-electron chi connectivity index (χ1n) is 9.92. The van der Waals surface area contributed by atoms with Gasteiger partial charge in [0.25, 0.3) is 0 Å². The van der Waals surface area contributed by atoms with Gasteiger partial charge in [0.2, 0.25) is 5.91 Å². The van der Waals surface area contributed by atoms with Crippen LogP contribution in [-0.2, 0) is 4.79 Å². The second-order valence-corrected chi connectivity index (χ2v) is 10.7. The smallest absolute Gasteiger partial charge is 0.227 e. The summed E-state index contributed by atoms with van der Waals surface area (Å²) in [6.45, 7) is 16.2. The van der Waals surface area contributed by atoms with Crippen molar-refractivity contribution in [2.45, 2.75) is 86.1 Å². The summed E-state index contributed by atoms with van der Waals surface area (Å²) in [6.07, 6.45) is 7.79. The Morgan fingerprint density at radius 2 is 1.50 bits per heavy atom. The van der Waals surface area contributed by atoms with E-state index in [9.17, 15) is 4.79 Å². The second kappa shape index (κ2) is 6.97. The molecular formula is C21H40N2O. The molecule has 1 heterocycles. The van der Waals surface area contributed by atoms with E-state index in [0.29, 0.717) is 16.7 Å². The quantitative estimate of drug-likeness (QED) is 0.738. The Hall–Kier alpha value is -0.570. The molecule has 1 saturated heterocycles. The first-order chi connectivity index (χ1) is 10.9. The highest BCUT2D eigenvalue weighted by Gasteiger charge is 2.41. The number of likely N-dealkylation sites (tertiary alicyclic amines) is 1. The zero-order valence-electron chi connectivity index (χ0n) is 17.2. The molecule has 140 valence electrons. The maximum atomic E-state index is 12.5. The predicted molar refractivity (Wildman–Crippen MR) is 102 cm³/mol. The third kappa shape index (κ3) is 4.97. The van der Waals surface area contributed by atoms with Crippen LogP contribution in [0.4, 0.5) is 0 Å². The summed E-state index contributed by atoms with van der Waals surface area (Å²) in [7, 11) is 2.30. The van der Waals surface area contributed by atoms with Gasteiger partial charge in [0.15, 0.2) is 0 Å². The van der Waals surface area contributed by atoms with Crippen LogP contribution in [0, 0.1) is 16.2 Å². The molecule has 24 heavy (non-hydrogen) atoms. The molecule has 0 atom stereocenters. The summed E-state index contributed by atoms with van der Waals surface area (Å²) in [6, 6.07) is 0.754. The number of carbonyl (C=O) groups excluding carboxylic acids is 1. The first-order valence-corrected chi connectivity index (χ1v) is 9.92. The molecule has 3 nitrogen and oxygen atoms in total. The minimum absolute atomic E-state index is 0.238. The van der Waals surface area contributed by atoms with Crippen molar-refractivity contribution in [3.05, 3.63) is 0 Å². The lowest BCUT2D eigenvalue weighted by molar-refractivity contribution is -0.142. The Labute approximate surface area is 150 Å². The maximum Gasteiger partial charge on any atom is 0.227 e. The Morgan fingerprint density at radius 3 is 1.92 bits per heavy atom. The van der Waals surface area contributed by atoms with Crippen molar-refractivity contribution >= 4 is 5.91 Å². The van der Waals surface area contributed by atoms with Crippen molar-refractivity contribution in [3.8, 4) is 0 Å². The van der Waals surface area contributed by atoms with Crippen molar-refractivity contribution in [2.24, 2.45) is 16.2 Å². The van der Waals surface area contributed by atoms with Gasteiger partial charge in [0.1, 0.15) is 0 Å². The molecule has 2 fully saturated rings. The Balaban J connectivity index is 1.84. The van der Waals surface area contributed by atoms with E-state index in [0.717, 1.165) is 19.1 Å². The number of nitrogens with zero attached hydrogens (tertiary/aromatic N) is 2. The highest BCUT2D eigenvalue weighted by molar-refractivity contribution is 5.81. The van der Waals surface area contributed by atoms with Crippen LogP contribution in [0.1, 0.15) is 80.1 Å². The summed E-state index contributed by atoms with van der Waals surface area (Å²) in [5.74, 6) is 0.330. The van der Waals surface area contributed by atoms with E-state index in [2.05, 4.69) is 37.6 Å². The first kappa shape index (κ1) is 19.8. The van der Waals surface area contributed by atoms with Gasteiger partial charge in [-0.3, -0.25) is 4.79 Å². The van der Waals surface area contributed by atoms with E-state index in [4.69, 9.17) is 0 Å². The van der Waals surface area contributed by atoms with Crippen LogP contribution in [0.15, 0.2) is 0 Å². The van der Waals surface area contributed by atoms with Gasteiger partial charge in [-0.15, -0.1) is 0 Å². The molecule has 0 radical (unpaired) electrons. The summed E-state index contributed by atoms with van der Waals surface area (Å²) in [5.41, 5.74) is 0.661. The average Bonchev–Trinajstić information content (AvgIpc) is 2.45. The fourth-order valence-electron chi connectivity index (χ4n) is 4.69. The molecule has 0 N–H and O–H groups in total. The normalized spacial score (nSPS) is 23.1. The largest absolute Gasteiger partial charge is 0.342 e. The van der Waals surface area contributed by atoms with Gasteiger partial charge in [0, 0.05) is 31.1 Å². The van der Waals surface area contributed by atoms with Crippen molar-refractivity contribution < 1.29 is 4.79 Å². The number of piperidine rings is 1. The van der Waals surface area contributed by atoms with Gasteiger partial charge < -0.3 is 9.80 Å². The van der Waals surface area contributed by atoms with E-state index in [-0.39, 0.29) is 5.41 Å². The van der Waals surface area contributed by atoms with Gasteiger partial charge in [0.05, 0.1) is 0 Å². The van der Waals surface area contributed by atoms with Crippen molar-refractivity contribution in [1.29, 1.82) is 0 Å². The molecule has 1 aliphatic heterocycles. The molecule has 1 aliphatic carbocycles. The predicted octanol–water partition coefficient (Wildman–Crippen LogP) is 4.56. The molecule has 2 rings (SSSR count). The molecule has 0 aromatic heterocycles. The van der Waals surface area contributed by atoms with Crippen LogP contribution in [0.2, 0.25) is 0 Å². The molecule has 0 unspecified atom stereocenters. The lowest BCUT2D eigenvalue weighted by Gasteiger charge is -2.48. The summed E-state index contributed by atoms with van der Waals surface area (Å²) >= 11 is 0. The van der Waals surface area contributed by atoms with Crippen LogP contribution < -0.4 is 0 Å². The van der Waals surface area contributed by atoms with E-state index >= 15 is 0 Å². The van der Waals surface area contributed by atoms with Gasteiger partial charge in [-0.25, -0.2) is 0 Å². The highest BCUT2D eigenvalue weighted by Crippen LogP contribution is 2.46. The molecule has 1 spiro atoms. The fourth-order valence-corrected chi connectivity index (χ4v) is 4.69. The van der Waals surface area contributed by atoms with Crippen molar-refractivity contribution in [1.82, 2.24) is 9.80 Å². The standard InChI is InChI=1S/C21H40N2O/c1-19(2,3)16-22(7)17-8-10-21(11-9-17)12-14-23(15-13-21)18(24)20(4,5)6/h17H,8-16H2,1-7H3. The minimum Gasteiger partial charge on any atom is -0.342 e. The zero-order chi connectivity index (χ0) is 18.2. The van der Waals surface area contributed by atoms with Gasteiger partial charge in [-0.1, -0.05) is 41.5 Å². The van der Waals surface area contributed by atoms with Crippen LogP contribution in [-0.4, -0.2) is 48.4 Å². The third-order valence-corrected chi connectivity index (χ3v) is 6.12. The van der Waals surface area contributed by atoms with Gasteiger partial charge in [-0.2, -0.15) is 0 Å². The lowest BCUT2D eigenvalue weighted by Crippen LogP contribution is -2.49. The van der Waals surface area contributed by atoms with E-state index < -0.39 is 0 Å². The second-order valence-electron chi connectivity index (χ2n) is 10.7. The topological polar surface area (TPSA) is 23.6 Å². The molecular weight excluding hydrogens is 296 g/mol. The number of amides is 1. The average molecular weight is 337 g/mol. The van der Waals surface area contributed by atoms with E-state index in [1.54, 1.807) is 0 Å². The highest BCUT2D eigenvalue weighted by atomic mass is 16.2. The summed E-state index contributed by atoms with van der Waals surface area (Å²) in [4.78, 5) is 17.2. The zero-order valence-corrected chi connectivity index (χ0v) is 17.2. The lowest BCUT2D eigenvalue weighted by atomic mass is 9.66. The van der Waals surface area contributed by atoms with E-state index in [1.807, 2.05) is 20.8 Å². The summed E-state index contributed by atoms with van der Waals surface area (Å²) in [5, 5.41) is 0. The van der Waals surface area contributed by atoms with Crippen molar-refractivity contribution in [3.63, 3.8) is 0 Å². The Bertz CT molecular complexity index is 426. The van der Waals surface area contributed by atoms with Gasteiger partial charge >= 0.3 is 0 Å². The Morgan fingerprint density at radius 1 is 1.00 bits per heavy atom. The molecule has 3 heteroatoms. The van der Waals surface area contributed by atoms with Crippen molar-refractivity contribution in [2.75, 3.05) is 26.7 Å². The summed E-state index contributed by atoms with van der Waals surface area (Å²) < 4.78 is 0. The van der Waals surface area contributed by atoms with Crippen LogP contribution in [0.25, 0.3) is 0 Å². The van der Waals surface area contributed by atoms with Crippen LogP contribution >= 0.6 is 0 Å². The number of rotatable bonds is 2. The monoisotopic (exact) mass is 336 g/mol. The molecule has 1 saturated carbocycles. The molecule has 0 bridgehead atoms.